The van der Waals surface area contributed by atoms with E-state index >= 15 is 0 Å². The van der Waals surface area contributed by atoms with Gasteiger partial charge in [0, 0.05) is 11.8 Å². The largest absolute Gasteiger partial charge is 1.00 e. The van der Waals surface area contributed by atoms with Crippen LogP contribution in [0.3, 0.4) is 0 Å². The van der Waals surface area contributed by atoms with Gasteiger partial charge in [0.1, 0.15) is 0 Å². The molecule has 0 heterocycles. The zero-order valence-electron chi connectivity index (χ0n) is 15.8. The molecule has 19 heavy (non-hydrogen) atoms. The van der Waals surface area contributed by atoms with Crippen molar-refractivity contribution in [3.63, 3.8) is 0 Å². The van der Waals surface area contributed by atoms with Crippen LogP contribution in [0.1, 0.15) is 25.4 Å². The number of benzene rings is 1. The van der Waals surface area contributed by atoms with Gasteiger partial charge in [-0.2, -0.15) is 0 Å². The van der Waals surface area contributed by atoms with Gasteiger partial charge < -0.3 is 20.0 Å². The Bertz CT molecular complexity index is 666. The van der Waals surface area contributed by atoms with E-state index in [4.69, 9.17) is 6.85 Å². The Hall–Kier alpha value is -1.30. The van der Waals surface area contributed by atoms with Crippen molar-refractivity contribution in [1.82, 2.24) is 5.32 Å². The van der Waals surface area contributed by atoms with E-state index in [1.54, 1.807) is 0 Å². The van der Waals surface area contributed by atoms with Crippen LogP contribution in [0, 0.1) is 0 Å². The minimum atomic E-state index is -1.73. The van der Waals surface area contributed by atoms with E-state index in [1.807, 2.05) is 0 Å². The minimum Gasteiger partial charge on any atom is -0.548 e. The fourth-order valence-corrected chi connectivity index (χ4v) is 1.16. The third kappa shape index (κ3) is 5.92. The molecule has 1 atom stereocenters. The van der Waals surface area contributed by atoms with Gasteiger partial charge in [-0.1, -0.05) is 30.2 Å². The summed E-state index contributed by atoms with van der Waals surface area (Å²) >= 11 is 0. The van der Waals surface area contributed by atoms with E-state index in [-0.39, 0.29) is 35.3 Å². The van der Waals surface area contributed by atoms with Crippen molar-refractivity contribution < 1.29 is 55.8 Å². The number of ether oxygens (including phenoxy) is 1. The third-order valence-corrected chi connectivity index (χ3v) is 1.95. The quantitative estimate of drug-likeness (QED) is 0.356. The second kappa shape index (κ2) is 8.74. The van der Waals surface area contributed by atoms with Gasteiger partial charge >= 0.3 is 35.5 Å². The van der Waals surface area contributed by atoms with E-state index in [0.717, 1.165) is 13.2 Å². The number of hydrogen-bond acceptors (Lipinski definition) is 5. The maximum absolute atomic E-state index is 11.3. The summed E-state index contributed by atoms with van der Waals surface area (Å²) < 4.78 is 42.5. The van der Waals surface area contributed by atoms with Crippen LogP contribution in [0.15, 0.2) is 42.0 Å². The molecule has 6 heteroatoms. The second-order valence-electron chi connectivity index (χ2n) is 3.29. The number of aliphatic carboxylic acids is 1. The molecule has 0 aliphatic rings. The normalized spacial score (nSPS) is 15.7. The van der Waals surface area contributed by atoms with Crippen LogP contribution in [0.5, 0.6) is 0 Å². The van der Waals surface area contributed by atoms with Crippen LogP contribution in [0.4, 0.5) is 0 Å². The van der Waals surface area contributed by atoms with Crippen molar-refractivity contribution in [2.75, 3.05) is 7.11 Å². The summed E-state index contributed by atoms with van der Waals surface area (Å²) in [5.74, 6) is -2.45. The van der Waals surface area contributed by atoms with Gasteiger partial charge in [0.2, 0.25) is 0 Å². The van der Waals surface area contributed by atoms with E-state index < -0.39 is 53.8 Å². The first kappa shape index (κ1) is 10.5. The number of nitrogens with one attached hydrogen (secondary N) is 1. The van der Waals surface area contributed by atoms with Crippen molar-refractivity contribution in [2.24, 2.45) is 0 Å². The number of esters is 1. The maximum Gasteiger partial charge on any atom is 1.00 e. The van der Waals surface area contributed by atoms with Crippen LogP contribution < -0.4 is 40.0 Å². The summed E-state index contributed by atoms with van der Waals surface area (Å²) in [5, 5.41) is 13.7. The predicted octanol–water partition coefficient (Wildman–Crippen LogP) is -2.85. The molecular formula is C13H14NNaO4. The fraction of sp³-hybridized carbons (Fsp3) is 0.231. The first-order valence-corrected chi connectivity index (χ1v) is 4.92. The molecule has 0 bridgehead atoms. The molecule has 0 unspecified atom stereocenters. The zero-order valence-corrected chi connectivity index (χ0v) is 12.8. The van der Waals surface area contributed by atoms with E-state index in [0.29, 0.717) is 0 Å². The number of carbonyl (C=O) groups excluding carboxylic acids is 2. The minimum absolute atomic E-state index is 0. The van der Waals surface area contributed by atoms with Crippen LogP contribution in [0.2, 0.25) is 0 Å². The van der Waals surface area contributed by atoms with Gasteiger partial charge in [0.05, 0.1) is 26.0 Å². The van der Waals surface area contributed by atoms with Crippen LogP contribution >= 0.6 is 0 Å². The molecule has 0 fully saturated rings. The Kier molecular flexibility index (Phi) is 4.82. The molecule has 0 radical (unpaired) electrons. The molecule has 1 aromatic rings. The van der Waals surface area contributed by atoms with Gasteiger partial charge in [-0.15, -0.1) is 0 Å². The SMILES string of the molecule is [2H]c1c([2H])c([2H])c([C@H](N/C(C)=C/C(=O)OC)C(=O)[O-])c([2H])c1[2H].[Na+]. The Morgan fingerprint density at radius 1 is 1.42 bits per heavy atom. The number of rotatable bonds is 5. The Balaban J connectivity index is 0.00000529. The summed E-state index contributed by atoms with van der Waals surface area (Å²) in [5.41, 5.74) is -0.411. The number of methoxy groups -OCH3 is 1. The fourth-order valence-electron chi connectivity index (χ4n) is 1.16. The van der Waals surface area contributed by atoms with Crippen molar-refractivity contribution in [3.05, 3.63) is 47.5 Å². The molecule has 1 N–H and O–H groups in total. The molecule has 0 saturated heterocycles. The van der Waals surface area contributed by atoms with Crippen LogP contribution in [0.25, 0.3) is 0 Å². The summed E-state index contributed by atoms with van der Waals surface area (Å²) in [6, 6.07) is -5.02. The van der Waals surface area contributed by atoms with Crippen molar-refractivity contribution in [1.29, 1.82) is 0 Å². The van der Waals surface area contributed by atoms with E-state index in [9.17, 15) is 14.7 Å². The van der Waals surface area contributed by atoms with Gasteiger partial charge in [-0.25, -0.2) is 4.79 Å². The molecule has 5 nitrogen and oxygen atoms in total. The third-order valence-electron chi connectivity index (χ3n) is 1.95. The number of allylic oxidation sites excluding steroid dienone is 1. The molecule has 0 aromatic heterocycles. The molecule has 0 spiro atoms. The van der Waals surface area contributed by atoms with Crippen LogP contribution in [-0.4, -0.2) is 19.0 Å². The topological polar surface area (TPSA) is 78.5 Å². The molecular weight excluding hydrogens is 257 g/mol. The Morgan fingerprint density at radius 2 is 2.00 bits per heavy atom. The van der Waals surface area contributed by atoms with Gasteiger partial charge in [0.15, 0.2) is 0 Å². The smallest absolute Gasteiger partial charge is 0.548 e. The first-order chi connectivity index (χ1) is 10.6. The molecule has 0 saturated carbocycles. The number of carboxylic acids is 1. The second-order valence-corrected chi connectivity index (χ2v) is 3.29. The molecule has 1 aromatic carbocycles. The molecule has 0 amide bonds. The van der Waals surface area contributed by atoms with Crippen LogP contribution in [-0.2, 0) is 14.3 Å². The average molecular weight is 276 g/mol. The molecule has 96 valence electrons. The summed E-state index contributed by atoms with van der Waals surface area (Å²) in [6.07, 6.45) is 0.964. The Labute approximate surface area is 141 Å². The number of carbonyl (C=O) groups is 2. The predicted molar refractivity (Wildman–Crippen MR) is 63.1 cm³/mol. The summed E-state index contributed by atoms with van der Waals surface area (Å²) in [4.78, 5) is 22.5. The van der Waals surface area contributed by atoms with Crippen molar-refractivity contribution in [3.8, 4) is 0 Å². The Morgan fingerprint density at radius 3 is 2.47 bits per heavy atom. The molecule has 0 aliphatic carbocycles. The van der Waals surface area contributed by atoms with E-state index in [1.165, 1.54) is 6.92 Å². The van der Waals surface area contributed by atoms with Gasteiger partial charge in [-0.3, -0.25) is 0 Å². The molecule has 1 rings (SSSR count). The number of carboxylic acid groups (broad SMARTS) is 1. The molecule has 0 aliphatic heterocycles. The van der Waals surface area contributed by atoms with Crippen molar-refractivity contribution >= 4 is 11.9 Å². The van der Waals surface area contributed by atoms with Gasteiger partial charge in [-0.05, 0) is 12.5 Å². The average Bonchev–Trinajstić information content (AvgIpc) is 2.49. The monoisotopic (exact) mass is 276 g/mol. The summed E-state index contributed by atoms with van der Waals surface area (Å²) in [6.45, 7) is 1.36. The number of hydrogen-bond donors (Lipinski definition) is 1. The summed E-state index contributed by atoms with van der Waals surface area (Å²) in [7, 11) is 1.14. The van der Waals surface area contributed by atoms with E-state index in [2.05, 4.69) is 10.1 Å². The standard InChI is InChI=1S/C13H15NO4.Na/c1-9(8-11(15)18-2)14-12(13(16)17)10-6-4-3-5-7-10;/h3-8,12,14H,1-2H3,(H,16,17);/q;+1/p-1/b9-8+;/t12-;/m0./s1/i3D,4D,5D,6D,7D;. The van der Waals surface area contributed by atoms with Gasteiger partial charge in [0.25, 0.3) is 0 Å². The zero-order chi connectivity index (χ0) is 17.9. The maximum atomic E-state index is 11.3. The first-order valence-electron chi connectivity index (χ1n) is 7.42. The van der Waals surface area contributed by atoms with Crippen molar-refractivity contribution in [2.45, 2.75) is 13.0 Å².